The van der Waals surface area contributed by atoms with Crippen molar-refractivity contribution < 1.29 is 25.8 Å². The van der Waals surface area contributed by atoms with Crippen LogP contribution in [0.3, 0.4) is 0 Å². The average Bonchev–Trinajstić information content (AvgIpc) is 3.19. The van der Waals surface area contributed by atoms with Gasteiger partial charge in [-0.1, -0.05) is 23.3 Å². The molecule has 192 valence electrons. The normalized spacial score (nSPS) is 11.9. The van der Waals surface area contributed by atoms with Crippen molar-refractivity contribution in [2.75, 3.05) is 6.26 Å². The summed E-state index contributed by atoms with van der Waals surface area (Å²) in [5.41, 5.74) is 3.65. The predicted octanol–water partition coefficient (Wildman–Crippen LogP) is 4.74. The first-order chi connectivity index (χ1) is 16.7. The molecule has 0 aliphatic carbocycles. The van der Waals surface area contributed by atoms with Crippen LogP contribution in [0.1, 0.15) is 60.3 Å². The van der Waals surface area contributed by atoms with E-state index in [9.17, 15) is 21.6 Å². The minimum atomic E-state index is -4.24. The van der Waals surface area contributed by atoms with Crippen LogP contribution in [0, 0.1) is 13.8 Å². The molecule has 10 heteroatoms. The predicted molar refractivity (Wildman–Crippen MR) is 139 cm³/mol. The standard InChI is InChI=1S/C26H30N2O6S2/c1-8-28-26(34-36(32,33)20-11-9-17(4)10-12-20)22(15-27-28)25(29)21-13-14-23(35(7,30)31)24(19(21)6)18(5)16(2)3/h9-15H,8H2,1-7H3. The van der Waals surface area contributed by atoms with Crippen LogP contribution in [0.2, 0.25) is 0 Å². The molecule has 3 aromatic rings. The largest absolute Gasteiger partial charge is 0.358 e. The van der Waals surface area contributed by atoms with E-state index in [2.05, 4.69) is 5.10 Å². The average molecular weight is 531 g/mol. The summed E-state index contributed by atoms with van der Waals surface area (Å²) in [6.07, 6.45) is 2.39. The Labute approximate surface area is 212 Å². The van der Waals surface area contributed by atoms with Gasteiger partial charge in [0.05, 0.1) is 11.1 Å². The van der Waals surface area contributed by atoms with Crippen LogP contribution in [0.15, 0.2) is 58.0 Å². The molecule has 0 fully saturated rings. The summed E-state index contributed by atoms with van der Waals surface area (Å²) < 4.78 is 57.7. The fraction of sp³-hybridized carbons (Fsp3) is 0.308. The van der Waals surface area contributed by atoms with Crippen molar-refractivity contribution in [1.29, 1.82) is 0 Å². The number of hydrogen-bond acceptors (Lipinski definition) is 7. The van der Waals surface area contributed by atoms with E-state index in [0.29, 0.717) is 11.1 Å². The fourth-order valence-corrected chi connectivity index (χ4v) is 5.74. The molecule has 3 rings (SSSR count). The van der Waals surface area contributed by atoms with Crippen LogP contribution < -0.4 is 4.18 Å². The van der Waals surface area contributed by atoms with E-state index in [-0.39, 0.29) is 33.3 Å². The molecular formula is C26H30N2O6S2. The molecule has 8 nitrogen and oxygen atoms in total. The van der Waals surface area contributed by atoms with Gasteiger partial charge >= 0.3 is 10.1 Å². The fourth-order valence-electron chi connectivity index (χ4n) is 3.80. The second-order valence-corrected chi connectivity index (χ2v) is 12.4. The highest BCUT2D eigenvalue weighted by Gasteiger charge is 2.29. The summed E-state index contributed by atoms with van der Waals surface area (Å²) in [5.74, 6) is -0.723. The highest BCUT2D eigenvalue weighted by atomic mass is 32.2. The highest BCUT2D eigenvalue weighted by molar-refractivity contribution is 7.90. The molecule has 0 aliphatic heterocycles. The molecule has 0 spiro atoms. The maximum atomic E-state index is 13.7. The molecule has 0 N–H and O–H groups in total. The Balaban J connectivity index is 2.18. The number of sulfone groups is 1. The van der Waals surface area contributed by atoms with E-state index < -0.39 is 25.7 Å². The van der Waals surface area contributed by atoms with Crippen molar-refractivity contribution >= 4 is 31.3 Å². The van der Waals surface area contributed by atoms with Crippen LogP contribution in [0.5, 0.6) is 5.88 Å². The van der Waals surface area contributed by atoms with Gasteiger partial charge in [0.15, 0.2) is 15.6 Å². The van der Waals surface area contributed by atoms with Gasteiger partial charge in [-0.05, 0) is 82.5 Å². The van der Waals surface area contributed by atoms with E-state index >= 15 is 0 Å². The molecule has 0 radical (unpaired) electrons. The van der Waals surface area contributed by atoms with Gasteiger partial charge in [0.2, 0.25) is 5.88 Å². The first-order valence-electron chi connectivity index (χ1n) is 11.3. The number of allylic oxidation sites excluding steroid dienone is 2. The van der Waals surface area contributed by atoms with Crippen molar-refractivity contribution in [2.24, 2.45) is 0 Å². The molecule has 36 heavy (non-hydrogen) atoms. The van der Waals surface area contributed by atoms with Gasteiger partial charge in [0.1, 0.15) is 10.5 Å². The number of carbonyl (C=O) groups is 1. The number of carbonyl (C=O) groups excluding carboxylic acids is 1. The molecule has 0 amide bonds. The molecule has 0 atom stereocenters. The van der Waals surface area contributed by atoms with Crippen LogP contribution in [-0.2, 0) is 26.5 Å². The number of hydrogen-bond donors (Lipinski definition) is 0. The summed E-state index contributed by atoms with van der Waals surface area (Å²) in [6, 6.07) is 9.02. The van der Waals surface area contributed by atoms with Crippen LogP contribution in [-0.4, -0.2) is 38.7 Å². The third kappa shape index (κ3) is 5.29. The van der Waals surface area contributed by atoms with Crippen molar-refractivity contribution in [3.63, 3.8) is 0 Å². The zero-order chi connectivity index (χ0) is 27.0. The molecular weight excluding hydrogens is 500 g/mol. The molecule has 0 unspecified atom stereocenters. The smallest absolute Gasteiger partial charge is 0.340 e. The van der Waals surface area contributed by atoms with Gasteiger partial charge in [-0.2, -0.15) is 13.5 Å². The highest BCUT2D eigenvalue weighted by Crippen LogP contribution is 2.33. The summed E-state index contributed by atoms with van der Waals surface area (Å²) in [7, 11) is -7.81. The Morgan fingerprint density at radius 2 is 1.56 bits per heavy atom. The molecule has 0 bridgehead atoms. The van der Waals surface area contributed by atoms with E-state index in [1.165, 1.54) is 35.1 Å². The summed E-state index contributed by atoms with van der Waals surface area (Å²) >= 11 is 0. The van der Waals surface area contributed by atoms with E-state index in [1.54, 1.807) is 32.9 Å². The lowest BCUT2D eigenvalue weighted by Gasteiger charge is -2.17. The van der Waals surface area contributed by atoms with E-state index in [0.717, 1.165) is 23.0 Å². The summed E-state index contributed by atoms with van der Waals surface area (Å²) in [5, 5.41) is 4.15. The maximum Gasteiger partial charge on any atom is 0.340 e. The Bertz CT molecular complexity index is 1580. The second-order valence-electron chi connectivity index (χ2n) is 8.87. The number of rotatable bonds is 8. The number of nitrogens with zero attached hydrogens (tertiary/aromatic N) is 2. The minimum Gasteiger partial charge on any atom is -0.358 e. The maximum absolute atomic E-state index is 13.7. The lowest BCUT2D eigenvalue weighted by Crippen LogP contribution is -2.16. The Morgan fingerprint density at radius 3 is 2.08 bits per heavy atom. The number of benzene rings is 2. The van der Waals surface area contributed by atoms with Gasteiger partial charge in [0.25, 0.3) is 0 Å². The van der Waals surface area contributed by atoms with Crippen LogP contribution in [0.25, 0.3) is 5.57 Å². The number of ketones is 1. The molecule has 0 saturated heterocycles. The zero-order valence-corrected chi connectivity index (χ0v) is 23.0. The van der Waals surface area contributed by atoms with Gasteiger partial charge in [-0.15, -0.1) is 0 Å². The topological polar surface area (TPSA) is 112 Å². The third-order valence-electron chi connectivity index (χ3n) is 6.03. The van der Waals surface area contributed by atoms with Gasteiger partial charge < -0.3 is 4.18 Å². The second kappa shape index (κ2) is 10.0. The number of aromatic nitrogens is 2. The van der Waals surface area contributed by atoms with Gasteiger partial charge in [-0.3, -0.25) is 4.79 Å². The van der Waals surface area contributed by atoms with Crippen LogP contribution >= 0.6 is 0 Å². The van der Waals surface area contributed by atoms with Crippen LogP contribution in [0.4, 0.5) is 0 Å². The Kier molecular flexibility index (Phi) is 7.61. The van der Waals surface area contributed by atoms with E-state index in [4.69, 9.17) is 4.18 Å². The Morgan fingerprint density at radius 1 is 0.944 bits per heavy atom. The monoisotopic (exact) mass is 530 g/mol. The van der Waals surface area contributed by atoms with Crippen molar-refractivity contribution in [3.8, 4) is 5.88 Å². The number of aryl methyl sites for hydroxylation is 2. The molecule has 1 aromatic heterocycles. The first-order valence-corrected chi connectivity index (χ1v) is 14.6. The summed E-state index contributed by atoms with van der Waals surface area (Å²) in [6.45, 7) is 11.1. The third-order valence-corrected chi connectivity index (χ3v) is 8.40. The molecule has 2 aromatic carbocycles. The quantitative estimate of drug-likeness (QED) is 0.305. The zero-order valence-electron chi connectivity index (χ0n) is 21.4. The van der Waals surface area contributed by atoms with Gasteiger partial charge in [-0.25, -0.2) is 13.1 Å². The van der Waals surface area contributed by atoms with Crippen molar-refractivity contribution in [1.82, 2.24) is 9.78 Å². The van der Waals surface area contributed by atoms with Crippen molar-refractivity contribution in [3.05, 3.63) is 76.0 Å². The summed E-state index contributed by atoms with van der Waals surface area (Å²) in [4.78, 5) is 13.8. The van der Waals surface area contributed by atoms with E-state index in [1.807, 2.05) is 20.8 Å². The lowest BCUT2D eigenvalue weighted by molar-refractivity contribution is 0.103. The molecule has 0 saturated carbocycles. The minimum absolute atomic E-state index is 0.0384. The SMILES string of the molecule is CCn1ncc(C(=O)c2ccc(S(C)(=O)=O)c(C(C)=C(C)C)c2C)c1OS(=O)(=O)c1ccc(C)cc1. The van der Waals surface area contributed by atoms with Crippen molar-refractivity contribution in [2.45, 2.75) is 57.9 Å². The van der Waals surface area contributed by atoms with Gasteiger partial charge in [0, 0.05) is 18.4 Å². The first kappa shape index (κ1) is 27.3. The molecule has 0 aliphatic rings. The Hall–Kier alpha value is -3.24. The lowest BCUT2D eigenvalue weighted by atomic mass is 9.91. The molecule has 1 heterocycles.